The normalized spacial score (nSPS) is 14.6. The van der Waals surface area contributed by atoms with Crippen LogP contribution in [0.15, 0.2) is 0 Å². The van der Waals surface area contributed by atoms with Crippen LogP contribution in [0.3, 0.4) is 0 Å². The second-order valence-corrected chi connectivity index (χ2v) is 5.08. The van der Waals surface area contributed by atoms with Crippen molar-refractivity contribution >= 4 is 0 Å². The van der Waals surface area contributed by atoms with E-state index in [-0.39, 0.29) is 18.1 Å². The molecule has 3 nitrogen and oxygen atoms in total. The van der Waals surface area contributed by atoms with Gasteiger partial charge in [-0.2, -0.15) is 0 Å². The first-order chi connectivity index (χ1) is 6.95. The van der Waals surface area contributed by atoms with Crippen LogP contribution < -0.4 is 5.32 Å². The molecule has 0 heterocycles. The highest BCUT2D eigenvalue weighted by Gasteiger charge is 2.22. The van der Waals surface area contributed by atoms with E-state index in [0.29, 0.717) is 0 Å². The zero-order valence-corrected chi connectivity index (χ0v) is 11.0. The van der Waals surface area contributed by atoms with E-state index in [9.17, 15) is 5.11 Å². The van der Waals surface area contributed by atoms with Gasteiger partial charge in [-0.1, -0.05) is 34.6 Å². The molecule has 0 aromatic rings. The fourth-order valence-electron chi connectivity index (χ4n) is 1.58. The number of aliphatic hydroxyl groups excluding tert-OH is 1. The fourth-order valence-corrected chi connectivity index (χ4v) is 1.58. The molecule has 0 bridgehead atoms. The summed E-state index contributed by atoms with van der Waals surface area (Å²) in [6.45, 7) is 15.2. The third-order valence-corrected chi connectivity index (χ3v) is 2.94. The van der Waals surface area contributed by atoms with Crippen molar-refractivity contribution in [3.8, 4) is 0 Å². The number of aliphatic hydroxyl groups is 1. The zero-order chi connectivity index (χ0) is 11.9. The van der Waals surface area contributed by atoms with Gasteiger partial charge in [0, 0.05) is 19.1 Å². The van der Waals surface area contributed by atoms with Crippen molar-refractivity contribution in [3.05, 3.63) is 0 Å². The van der Waals surface area contributed by atoms with Gasteiger partial charge in [0.15, 0.2) is 0 Å². The molecule has 0 aliphatic carbocycles. The number of likely N-dealkylation sites (N-methyl/N-ethyl adjacent to an activating group) is 1. The van der Waals surface area contributed by atoms with E-state index in [1.165, 1.54) is 0 Å². The van der Waals surface area contributed by atoms with Crippen LogP contribution in [0.25, 0.3) is 0 Å². The van der Waals surface area contributed by atoms with Gasteiger partial charge in [0.05, 0.1) is 6.61 Å². The molecule has 0 spiro atoms. The molecular formula is C12H28N2O. The minimum atomic E-state index is 0.123. The quantitative estimate of drug-likeness (QED) is 0.674. The highest BCUT2D eigenvalue weighted by molar-refractivity contribution is 4.79. The summed E-state index contributed by atoms with van der Waals surface area (Å²) in [6.07, 6.45) is 0. The Hall–Kier alpha value is -0.120. The van der Waals surface area contributed by atoms with Crippen molar-refractivity contribution < 1.29 is 5.11 Å². The molecule has 0 aromatic heterocycles. The van der Waals surface area contributed by atoms with Crippen molar-refractivity contribution in [1.29, 1.82) is 0 Å². The Labute approximate surface area is 94.9 Å². The van der Waals surface area contributed by atoms with Crippen molar-refractivity contribution in [2.45, 2.75) is 40.7 Å². The average molecular weight is 216 g/mol. The maximum absolute atomic E-state index is 9.27. The third-order valence-electron chi connectivity index (χ3n) is 2.94. The molecular weight excluding hydrogens is 188 g/mol. The molecule has 3 heteroatoms. The van der Waals surface area contributed by atoms with E-state index in [1.54, 1.807) is 0 Å². The monoisotopic (exact) mass is 216 g/mol. The Bertz CT molecular complexity index is 150. The molecule has 15 heavy (non-hydrogen) atoms. The molecule has 1 unspecified atom stereocenters. The van der Waals surface area contributed by atoms with Crippen LogP contribution in [-0.4, -0.2) is 48.8 Å². The Morgan fingerprint density at radius 2 is 1.73 bits per heavy atom. The van der Waals surface area contributed by atoms with Gasteiger partial charge in [-0.25, -0.2) is 0 Å². The number of nitrogens with zero attached hydrogens (tertiary/aromatic N) is 1. The van der Waals surface area contributed by atoms with Crippen LogP contribution in [0.5, 0.6) is 0 Å². The van der Waals surface area contributed by atoms with Crippen LogP contribution in [0.4, 0.5) is 0 Å². The van der Waals surface area contributed by atoms with Gasteiger partial charge in [0.2, 0.25) is 0 Å². The summed E-state index contributed by atoms with van der Waals surface area (Å²) in [7, 11) is 0. The molecule has 0 aromatic carbocycles. The van der Waals surface area contributed by atoms with Crippen molar-refractivity contribution in [1.82, 2.24) is 10.2 Å². The van der Waals surface area contributed by atoms with Gasteiger partial charge in [-0.15, -0.1) is 0 Å². The molecule has 0 aliphatic heterocycles. The van der Waals surface area contributed by atoms with Gasteiger partial charge in [0.1, 0.15) is 0 Å². The van der Waals surface area contributed by atoms with Crippen molar-refractivity contribution in [3.63, 3.8) is 0 Å². The molecule has 1 atom stereocenters. The maximum Gasteiger partial charge on any atom is 0.0589 e. The Morgan fingerprint density at radius 3 is 2.07 bits per heavy atom. The molecule has 0 radical (unpaired) electrons. The van der Waals surface area contributed by atoms with E-state index in [1.807, 2.05) is 0 Å². The molecule has 0 rings (SSSR count). The number of nitrogens with one attached hydrogen (secondary N) is 1. The van der Waals surface area contributed by atoms with E-state index < -0.39 is 0 Å². The fraction of sp³-hybridized carbons (Fsp3) is 1.00. The van der Waals surface area contributed by atoms with Crippen molar-refractivity contribution in [2.75, 3.05) is 32.8 Å². The van der Waals surface area contributed by atoms with Crippen LogP contribution in [0, 0.1) is 5.41 Å². The summed E-state index contributed by atoms with van der Waals surface area (Å²) in [5, 5.41) is 12.7. The molecule has 0 aliphatic rings. The topological polar surface area (TPSA) is 35.5 Å². The maximum atomic E-state index is 9.27. The largest absolute Gasteiger partial charge is 0.395 e. The number of rotatable bonds is 7. The predicted octanol–water partition coefficient (Wildman–Crippen LogP) is 1.32. The van der Waals surface area contributed by atoms with Gasteiger partial charge in [-0.05, 0) is 18.5 Å². The lowest BCUT2D eigenvalue weighted by atomic mass is 9.87. The van der Waals surface area contributed by atoms with Gasteiger partial charge >= 0.3 is 0 Å². The highest BCUT2D eigenvalue weighted by Crippen LogP contribution is 2.18. The third kappa shape index (κ3) is 6.13. The van der Waals surface area contributed by atoms with Crippen LogP contribution in [0.2, 0.25) is 0 Å². The first-order valence-corrected chi connectivity index (χ1v) is 6.02. The van der Waals surface area contributed by atoms with E-state index in [4.69, 9.17) is 0 Å². The second kappa shape index (κ2) is 7.20. The molecule has 2 N–H and O–H groups in total. The lowest BCUT2D eigenvalue weighted by Gasteiger charge is -2.31. The SMILES string of the molecule is CCN(CC)CCNC(CO)C(C)(C)C. The van der Waals surface area contributed by atoms with E-state index >= 15 is 0 Å². The molecule has 0 saturated heterocycles. The minimum absolute atomic E-state index is 0.123. The summed E-state index contributed by atoms with van der Waals surface area (Å²) >= 11 is 0. The van der Waals surface area contributed by atoms with Crippen LogP contribution in [0.1, 0.15) is 34.6 Å². The van der Waals surface area contributed by atoms with Crippen LogP contribution in [-0.2, 0) is 0 Å². The lowest BCUT2D eigenvalue weighted by molar-refractivity contribution is 0.154. The van der Waals surface area contributed by atoms with Crippen LogP contribution >= 0.6 is 0 Å². The molecule has 0 fully saturated rings. The highest BCUT2D eigenvalue weighted by atomic mass is 16.3. The first kappa shape index (κ1) is 14.9. The van der Waals surface area contributed by atoms with Gasteiger partial charge in [-0.3, -0.25) is 0 Å². The zero-order valence-electron chi connectivity index (χ0n) is 11.0. The second-order valence-electron chi connectivity index (χ2n) is 5.08. The first-order valence-electron chi connectivity index (χ1n) is 6.02. The molecule has 0 saturated carbocycles. The summed E-state index contributed by atoms with van der Waals surface area (Å²) in [4.78, 5) is 2.38. The number of hydrogen-bond acceptors (Lipinski definition) is 3. The summed E-state index contributed by atoms with van der Waals surface area (Å²) in [6, 6.07) is 0.188. The smallest absolute Gasteiger partial charge is 0.0589 e. The average Bonchev–Trinajstić information content (AvgIpc) is 2.16. The predicted molar refractivity (Wildman–Crippen MR) is 66.1 cm³/mol. The Kier molecular flexibility index (Phi) is 7.14. The Balaban J connectivity index is 3.82. The van der Waals surface area contributed by atoms with E-state index in [0.717, 1.165) is 26.2 Å². The van der Waals surface area contributed by atoms with E-state index in [2.05, 4.69) is 44.8 Å². The molecule has 92 valence electrons. The Morgan fingerprint density at radius 1 is 1.20 bits per heavy atom. The minimum Gasteiger partial charge on any atom is -0.395 e. The van der Waals surface area contributed by atoms with Crippen molar-refractivity contribution in [2.24, 2.45) is 5.41 Å². The van der Waals surface area contributed by atoms with Gasteiger partial charge < -0.3 is 15.3 Å². The standard InChI is InChI=1S/C12H28N2O/c1-6-14(7-2)9-8-13-11(10-15)12(3,4)5/h11,13,15H,6-10H2,1-5H3. The summed E-state index contributed by atoms with van der Waals surface area (Å²) in [5.74, 6) is 0. The number of hydrogen-bond donors (Lipinski definition) is 2. The summed E-state index contributed by atoms with van der Waals surface area (Å²) in [5.41, 5.74) is 0.123. The van der Waals surface area contributed by atoms with Gasteiger partial charge in [0.25, 0.3) is 0 Å². The summed E-state index contributed by atoms with van der Waals surface area (Å²) < 4.78 is 0. The lowest BCUT2D eigenvalue weighted by Crippen LogP contribution is -2.46. The molecule has 0 amide bonds.